The van der Waals surface area contributed by atoms with Crippen LogP contribution < -0.4 is 5.32 Å². The van der Waals surface area contributed by atoms with Crippen molar-refractivity contribution in [2.75, 3.05) is 5.32 Å². The van der Waals surface area contributed by atoms with E-state index in [2.05, 4.69) is 17.4 Å². The molecule has 0 spiro atoms. The highest BCUT2D eigenvalue weighted by atomic mass is 16.3. The van der Waals surface area contributed by atoms with Gasteiger partial charge in [-0.2, -0.15) is 0 Å². The lowest BCUT2D eigenvalue weighted by molar-refractivity contribution is 0.0998. The largest absolute Gasteiger partial charge is 0.451 e. The van der Waals surface area contributed by atoms with Crippen molar-refractivity contribution < 1.29 is 9.21 Å². The quantitative estimate of drug-likeness (QED) is 0.554. The normalized spacial score (nSPS) is 10.7. The number of benzene rings is 3. The first-order valence-electron chi connectivity index (χ1n) is 8.21. The SMILES string of the molecule is O=C(Nc1ccccc1Cc1ccccc1)c1cc2ccccc2o1. The van der Waals surface area contributed by atoms with Gasteiger partial charge < -0.3 is 9.73 Å². The zero-order valence-corrected chi connectivity index (χ0v) is 13.6. The van der Waals surface area contributed by atoms with E-state index in [1.165, 1.54) is 5.56 Å². The molecule has 122 valence electrons. The minimum atomic E-state index is -0.239. The van der Waals surface area contributed by atoms with Gasteiger partial charge >= 0.3 is 0 Å². The molecule has 4 aromatic rings. The van der Waals surface area contributed by atoms with Crippen molar-refractivity contribution in [1.29, 1.82) is 0 Å². The average Bonchev–Trinajstić information content (AvgIpc) is 3.09. The van der Waals surface area contributed by atoms with E-state index < -0.39 is 0 Å². The number of rotatable bonds is 4. The van der Waals surface area contributed by atoms with Crippen molar-refractivity contribution >= 4 is 22.6 Å². The number of hydrogen-bond donors (Lipinski definition) is 1. The molecule has 3 aromatic carbocycles. The summed E-state index contributed by atoms with van der Waals surface area (Å²) in [6.07, 6.45) is 0.761. The van der Waals surface area contributed by atoms with E-state index in [0.717, 1.165) is 23.1 Å². The molecular weight excluding hydrogens is 310 g/mol. The fourth-order valence-corrected chi connectivity index (χ4v) is 2.89. The molecule has 0 aliphatic carbocycles. The lowest BCUT2D eigenvalue weighted by Gasteiger charge is -2.10. The van der Waals surface area contributed by atoms with E-state index >= 15 is 0 Å². The molecule has 0 saturated carbocycles. The van der Waals surface area contributed by atoms with Crippen LogP contribution in [-0.4, -0.2) is 5.91 Å². The number of nitrogens with one attached hydrogen (secondary N) is 1. The Morgan fingerprint density at radius 3 is 2.40 bits per heavy atom. The molecular formula is C22H17NO2. The first-order valence-corrected chi connectivity index (χ1v) is 8.21. The first kappa shape index (κ1) is 15.2. The average molecular weight is 327 g/mol. The standard InChI is InChI=1S/C22H17NO2/c24-22(21-15-18-11-5-7-13-20(18)25-21)23-19-12-6-4-10-17(19)14-16-8-2-1-3-9-16/h1-13,15H,14H2,(H,23,24). The van der Waals surface area contributed by atoms with Crippen LogP contribution in [0.5, 0.6) is 0 Å². The molecule has 1 aromatic heterocycles. The maximum absolute atomic E-state index is 12.6. The molecule has 0 aliphatic heterocycles. The summed E-state index contributed by atoms with van der Waals surface area (Å²) in [5, 5.41) is 3.90. The van der Waals surface area contributed by atoms with Crippen molar-refractivity contribution in [3.05, 3.63) is 102 Å². The Balaban J connectivity index is 1.59. The van der Waals surface area contributed by atoms with Gasteiger partial charge in [0, 0.05) is 11.1 Å². The van der Waals surface area contributed by atoms with Crippen LogP contribution in [0.2, 0.25) is 0 Å². The number of carbonyl (C=O) groups excluding carboxylic acids is 1. The molecule has 3 heteroatoms. The van der Waals surface area contributed by atoms with E-state index in [-0.39, 0.29) is 5.91 Å². The molecule has 1 heterocycles. The monoisotopic (exact) mass is 327 g/mol. The smallest absolute Gasteiger partial charge is 0.291 e. The third-order valence-corrected chi connectivity index (χ3v) is 4.15. The zero-order valence-electron chi connectivity index (χ0n) is 13.6. The highest BCUT2D eigenvalue weighted by molar-refractivity contribution is 6.05. The van der Waals surface area contributed by atoms with Crippen molar-refractivity contribution in [2.45, 2.75) is 6.42 Å². The summed E-state index contributed by atoms with van der Waals surface area (Å²) in [5.74, 6) is 0.0763. The van der Waals surface area contributed by atoms with Crippen LogP contribution in [0.1, 0.15) is 21.7 Å². The Morgan fingerprint density at radius 2 is 1.56 bits per heavy atom. The van der Waals surface area contributed by atoms with Crippen molar-refractivity contribution in [3.63, 3.8) is 0 Å². The molecule has 1 amide bonds. The molecule has 0 saturated heterocycles. The van der Waals surface area contributed by atoms with Crippen LogP contribution in [0.15, 0.2) is 89.3 Å². The third kappa shape index (κ3) is 3.31. The van der Waals surface area contributed by atoms with E-state index in [1.807, 2.05) is 66.7 Å². The van der Waals surface area contributed by atoms with Gasteiger partial charge in [0.2, 0.25) is 0 Å². The van der Waals surface area contributed by atoms with Gasteiger partial charge in [0.05, 0.1) is 0 Å². The van der Waals surface area contributed by atoms with Gasteiger partial charge in [0.15, 0.2) is 5.76 Å². The number of hydrogen-bond acceptors (Lipinski definition) is 2. The summed E-state index contributed by atoms with van der Waals surface area (Å²) in [4.78, 5) is 12.6. The Kier molecular flexibility index (Phi) is 4.05. The molecule has 3 nitrogen and oxygen atoms in total. The van der Waals surface area contributed by atoms with Crippen molar-refractivity contribution in [3.8, 4) is 0 Å². The summed E-state index contributed by atoms with van der Waals surface area (Å²) < 4.78 is 5.65. The molecule has 25 heavy (non-hydrogen) atoms. The molecule has 0 aliphatic rings. The van der Waals surface area contributed by atoms with Gasteiger partial charge in [-0.3, -0.25) is 4.79 Å². The Morgan fingerprint density at radius 1 is 0.840 bits per heavy atom. The predicted molar refractivity (Wildman–Crippen MR) is 99.9 cm³/mol. The van der Waals surface area contributed by atoms with Crippen LogP contribution in [0.25, 0.3) is 11.0 Å². The van der Waals surface area contributed by atoms with E-state index in [9.17, 15) is 4.79 Å². The lowest BCUT2D eigenvalue weighted by Crippen LogP contribution is -2.12. The Labute approximate surface area is 145 Å². The second-order valence-corrected chi connectivity index (χ2v) is 5.92. The van der Waals surface area contributed by atoms with E-state index in [0.29, 0.717) is 11.3 Å². The van der Waals surface area contributed by atoms with Gasteiger partial charge in [0.1, 0.15) is 5.58 Å². The summed E-state index contributed by atoms with van der Waals surface area (Å²) in [6, 6.07) is 27.4. The summed E-state index contributed by atoms with van der Waals surface area (Å²) >= 11 is 0. The van der Waals surface area contributed by atoms with Crippen LogP contribution in [-0.2, 0) is 6.42 Å². The van der Waals surface area contributed by atoms with Crippen LogP contribution in [0.3, 0.4) is 0 Å². The number of amides is 1. The highest BCUT2D eigenvalue weighted by Gasteiger charge is 2.14. The Bertz CT molecular complexity index is 985. The highest BCUT2D eigenvalue weighted by Crippen LogP contribution is 2.22. The van der Waals surface area contributed by atoms with Crippen molar-refractivity contribution in [1.82, 2.24) is 0 Å². The number of carbonyl (C=O) groups is 1. The third-order valence-electron chi connectivity index (χ3n) is 4.15. The Hall–Kier alpha value is -3.33. The van der Waals surface area contributed by atoms with Gasteiger partial charge in [-0.15, -0.1) is 0 Å². The zero-order chi connectivity index (χ0) is 17.1. The summed E-state index contributed by atoms with van der Waals surface area (Å²) in [7, 11) is 0. The maximum Gasteiger partial charge on any atom is 0.291 e. The van der Waals surface area contributed by atoms with E-state index in [4.69, 9.17) is 4.42 Å². The fraction of sp³-hybridized carbons (Fsp3) is 0.0455. The molecule has 0 fully saturated rings. The summed E-state index contributed by atoms with van der Waals surface area (Å²) in [6.45, 7) is 0. The van der Waals surface area contributed by atoms with Crippen LogP contribution in [0.4, 0.5) is 5.69 Å². The van der Waals surface area contributed by atoms with E-state index in [1.54, 1.807) is 6.07 Å². The minimum Gasteiger partial charge on any atom is -0.451 e. The second-order valence-electron chi connectivity index (χ2n) is 5.92. The molecule has 0 radical (unpaired) electrons. The first-order chi connectivity index (χ1) is 12.3. The summed E-state index contributed by atoms with van der Waals surface area (Å²) in [5.41, 5.74) is 3.79. The van der Waals surface area contributed by atoms with Gasteiger partial charge in [0.25, 0.3) is 5.91 Å². The van der Waals surface area contributed by atoms with Gasteiger partial charge in [-0.1, -0.05) is 66.7 Å². The fourth-order valence-electron chi connectivity index (χ4n) is 2.89. The number of fused-ring (bicyclic) bond motifs is 1. The van der Waals surface area contributed by atoms with Crippen LogP contribution in [0, 0.1) is 0 Å². The molecule has 0 bridgehead atoms. The molecule has 0 unspecified atom stereocenters. The molecule has 4 rings (SSSR count). The maximum atomic E-state index is 12.6. The van der Waals surface area contributed by atoms with Crippen molar-refractivity contribution in [2.24, 2.45) is 0 Å². The topological polar surface area (TPSA) is 42.2 Å². The lowest BCUT2D eigenvalue weighted by atomic mass is 10.0. The van der Waals surface area contributed by atoms with Gasteiger partial charge in [-0.05, 0) is 35.7 Å². The molecule has 1 N–H and O–H groups in total. The minimum absolute atomic E-state index is 0.239. The number of para-hydroxylation sites is 2. The molecule has 0 atom stereocenters. The second kappa shape index (κ2) is 6.65. The number of anilines is 1. The predicted octanol–water partition coefficient (Wildman–Crippen LogP) is 5.28. The van der Waals surface area contributed by atoms with Crippen LogP contribution >= 0.6 is 0 Å². The van der Waals surface area contributed by atoms with Gasteiger partial charge in [-0.25, -0.2) is 0 Å². The number of furan rings is 1.